The molecule has 0 aliphatic rings. The average Bonchev–Trinajstić information content (AvgIpc) is 2.38. The van der Waals surface area contributed by atoms with Gasteiger partial charge in [-0.1, -0.05) is 24.3 Å². The first-order valence-corrected chi connectivity index (χ1v) is 7.58. The second-order valence-electron chi connectivity index (χ2n) is 4.96. The lowest BCUT2D eigenvalue weighted by molar-refractivity contribution is 0.379. The smallest absolute Gasteiger partial charge is 0.418 e. The van der Waals surface area contributed by atoms with E-state index in [1.54, 1.807) is 0 Å². The fourth-order valence-corrected chi connectivity index (χ4v) is 2.57. The monoisotopic (exact) mass is 290 g/mol. The normalized spacial score (nSPS) is 10.7. The first-order valence-electron chi connectivity index (χ1n) is 6.45. The van der Waals surface area contributed by atoms with Gasteiger partial charge in [0.15, 0.2) is 0 Å². The Kier molecular flexibility index (Phi) is 4.64. The molecule has 0 unspecified atom stereocenters. The van der Waals surface area contributed by atoms with Crippen molar-refractivity contribution in [2.45, 2.75) is 27.7 Å². The van der Waals surface area contributed by atoms with Crippen molar-refractivity contribution in [3.63, 3.8) is 0 Å². The lowest BCUT2D eigenvalue weighted by atomic mass is 10.1. The Hall–Kier alpha value is -1.57. The molecule has 2 aromatic carbocycles. The number of aryl methyl sites for hydroxylation is 4. The first kappa shape index (κ1) is 14.8. The van der Waals surface area contributed by atoms with Gasteiger partial charge in [-0.2, -0.15) is 0 Å². The lowest BCUT2D eigenvalue weighted by Crippen LogP contribution is -1.97. The largest absolute Gasteiger partial charge is 0.460 e. The quantitative estimate of drug-likeness (QED) is 0.836. The molecule has 0 bridgehead atoms. The van der Waals surface area contributed by atoms with Gasteiger partial charge in [0.25, 0.3) is 0 Å². The fraction of sp³-hybridized carbons (Fsp3) is 0.250. The van der Waals surface area contributed by atoms with Gasteiger partial charge < -0.3 is 13.9 Å². The summed E-state index contributed by atoms with van der Waals surface area (Å²) in [5, 5.41) is 0. The summed E-state index contributed by atoms with van der Waals surface area (Å²) in [6, 6.07) is 11.7. The van der Waals surface area contributed by atoms with Crippen LogP contribution in [0.3, 0.4) is 0 Å². The van der Waals surface area contributed by atoms with E-state index < -0.39 is 8.60 Å². The molecule has 3 nitrogen and oxygen atoms in total. The summed E-state index contributed by atoms with van der Waals surface area (Å²) in [7, 11) is -1.99. The number of benzene rings is 2. The van der Waals surface area contributed by atoms with Crippen LogP contribution in [-0.2, 0) is 0 Å². The molecule has 0 heterocycles. The first-order chi connectivity index (χ1) is 9.45. The number of hydrogen-bond donors (Lipinski definition) is 1. The number of hydrogen-bond acceptors (Lipinski definition) is 3. The molecule has 0 amide bonds. The standard InChI is InChI=1S/C16H19O3P/c1-11-5-7-13(3)15(9-11)18-20(17)19-16-10-12(2)6-8-14(16)4/h5-10,17H,1-4H3. The Bertz CT molecular complexity index is 557. The van der Waals surface area contributed by atoms with Gasteiger partial charge in [0.05, 0.1) is 0 Å². The van der Waals surface area contributed by atoms with E-state index in [1.165, 1.54) is 0 Å². The van der Waals surface area contributed by atoms with Crippen molar-refractivity contribution in [1.29, 1.82) is 0 Å². The van der Waals surface area contributed by atoms with Crippen molar-refractivity contribution < 1.29 is 13.9 Å². The van der Waals surface area contributed by atoms with Crippen molar-refractivity contribution in [2.75, 3.05) is 0 Å². The molecule has 2 rings (SSSR count). The second-order valence-corrected chi connectivity index (χ2v) is 5.80. The Morgan fingerprint density at radius 1 is 0.750 bits per heavy atom. The topological polar surface area (TPSA) is 38.7 Å². The van der Waals surface area contributed by atoms with E-state index in [4.69, 9.17) is 9.05 Å². The van der Waals surface area contributed by atoms with E-state index in [9.17, 15) is 4.89 Å². The van der Waals surface area contributed by atoms with Gasteiger partial charge in [-0.3, -0.25) is 0 Å². The molecule has 0 fully saturated rings. The van der Waals surface area contributed by atoms with Crippen LogP contribution in [0.1, 0.15) is 22.3 Å². The average molecular weight is 290 g/mol. The highest BCUT2D eigenvalue weighted by molar-refractivity contribution is 7.41. The zero-order valence-corrected chi connectivity index (χ0v) is 13.1. The molecule has 0 aromatic heterocycles. The Morgan fingerprint density at radius 3 is 1.55 bits per heavy atom. The summed E-state index contributed by atoms with van der Waals surface area (Å²) in [6.45, 7) is 7.85. The minimum absolute atomic E-state index is 0.656. The van der Waals surface area contributed by atoms with E-state index in [2.05, 4.69) is 0 Å². The maximum Gasteiger partial charge on any atom is 0.460 e. The predicted molar refractivity (Wildman–Crippen MR) is 82.2 cm³/mol. The molecule has 0 aliphatic heterocycles. The molecule has 0 saturated heterocycles. The van der Waals surface area contributed by atoms with Crippen molar-refractivity contribution in [2.24, 2.45) is 0 Å². The van der Waals surface area contributed by atoms with Gasteiger partial charge in [-0.05, 0) is 62.1 Å². The second kappa shape index (κ2) is 6.25. The minimum atomic E-state index is -1.99. The van der Waals surface area contributed by atoms with Crippen molar-refractivity contribution >= 4 is 8.60 Å². The minimum Gasteiger partial charge on any atom is -0.418 e. The highest BCUT2D eigenvalue weighted by atomic mass is 31.2. The molecular weight excluding hydrogens is 271 g/mol. The highest BCUT2D eigenvalue weighted by Gasteiger charge is 2.14. The van der Waals surface area contributed by atoms with Gasteiger partial charge in [0.1, 0.15) is 11.5 Å². The zero-order valence-electron chi connectivity index (χ0n) is 12.2. The summed E-state index contributed by atoms with van der Waals surface area (Å²) in [4.78, 5) is 10.0. The van der Waals surface area contributed by atoms with Crippen LogP contribution >= 0.6 is 8.60 Å². The van der Waals surface area contributed by atoms with Gasteiger partial charge in [-0.25, -0.2) is 0 Å². The van der Waals surface area contributed by atoms with Crippen LogP contribution in [0.4, 0.5) is 0 Å². The molecule has 1 N–H and O–H groups in total. The summed E-state index contributed by atoms with van der Waals surface area (Å²) in [5.74, 6) is 1.31. The van der Waals surface area contributed by atoms with E-state index in [-0.39, 0.29) is 0 Å². The molecule has 4 heteroatoms. The Balaban J connectivity index is 2.10. The van der Waals surface area contributed by atoms with E-state index in [0.717, 1.165) is 22.3 Å². The molecular formula is C16H19O3P. The Labute approximate surface area is 121 Å². The molecule has 2 aromatic rings. The lowest BCUT2D eigenvalue weighted by Gasteiger charge is -2.15. The summed E-state index contributed by atoms with van der Waals surface area (Å²) in [5.41, 5.74) is 4.12. The molecule has 0 aliphatic carbocycles. The molecule has 0 radical (unpaired) electrons. The molecule has 106 valence electrons. The van der Waals surface area contributed by atoms with E-state index in [0.29, 0.717) is 11.5 Å². The third-order valence-corrected chi connectivity index (χ3v) is 3.75. The van der Waals surface area contributed by atoms with Crippen molar-refractivity contribution in [3.8, 4) is 11.5 Å². The maximum absolute atomic E-state index is 10.0. The van der Waals surface area contributed by atoms with Gasteiger partial charge in [0, 0.05) is 0 Å². The van der Waals surface area contributed by atoms with Crippen LogP contribution in [0.5, 0.6) is 11.5 Å². The van der Waals surface area contributed by atoms with E-state index >= 15 is 0 Å². The Morgan fingerprint density at radius 2 is 1.15 bits per heavy atom. The van der Waals surface area contributed by atoms with Crippen LogP contribution in [-0.4, -0.2) is 4.89 Å². The maximum atomic E-state index is 10.0. The van der Waals surface area contributed by atoms with Crippen LogP contribution in [0.15, 0.2) is 36.4 Å². The van der Waals surface area contributed by atoms with Crippen LogP contribution in [0.2, 0.25) is 0 Å². The van der Waals surface area contributed by atoms with Crippen molar-refractivity contribution in [1.82, 2.24) is 0 Å². The van der Waals surface area contributed by atoms with E-state index in [1.807, 2.05) is 64.1 Å². The molecule has 0 spiro atoms. The SMILES string of the molecule is Cc1ccc(C)c(OP(O)Oc2cc(C)ccc2C)c1. The third kappa shape index (κ3) is 3.72. The molecule has 0 saturated carbocycles. The van der Waals surface area contributed by atoms with Crippen LogP contribution in [0.25, 0.3) is 0 Å². The molecule has 0 atom stereocenters. The molecule has 20 heavy (non-hydrogen) atoms. The van der Waals surface area contributed by atoms with Gasteiger partial charge in [0.2, 0.25) is 0 Å². The summed E-state index contributed by atoms with van der Waals surface area (Å²) < 4.78 is 11.0. The zero-order chi connectivity index (χ0) is 14.7. The number of rotatable bonds is 4. The van der Waals surface area contributed by atoms with Crippen molar-refractivity contribution in [3.05, 3.63) is 58.7 Å². The summed E-state index contributed by atoms with van der Waals surface area (Å²) in [6.07, 6.45) is 0. The van der Waals surface area contributed by atoms with Gasteiger partial charge in [-0.15, -0.1) is 0 Å². The fourth-order valence-electron chi connectivity index (χ4n) is 1.80. The highest BCUT2D eigenvalue weighted by Crippen LogP contribution is 2.39. The van der Waals surface area contributed by atoms with Gasteiger partial charge >= 0.3 is 8.60 Å². The third-order valence-electron chi connectivity index (χ3n) is 3.04. The van der Waals surface area contributed by atoms with Crippen LogP contribution in [0, 0.1) is 27.7 Å². The predicted octanol–water partition coefficient (Wildman–Crippen LogP) is 4.60. The van der Waals surface area contributed by atoms with Crippen LogP contribution < -0.4 is 9.05 Å². The summed E-state index contributed by atoms with van der Waals surface area (Å²) >= 11 is 0.